The van der Waals surface area contributed by atoms with E-state index < -0.39 is 0 Å². The fourth-order valence-electron chi connectivity index (χ4n) is 3.21. The summed E-state index contributed by atoms with van der Waals surface area (Å²) in [6, 6.07) is 0. The second-order valence-corrected chi connectivity index (χ2v) is 5.93. The summed E-state index contributed by atoms with van der Waals surface area (Å²) in [5.74, 6) is 0.808. The number of rotatable bonds is 3. The number of hydrogen-bond acceptors (Lipinski definition) is 3. The van der Waals surface area contributed by atoms with Crippen LogP contribution in [0.1, 0.15) is 39.0 Å². The molecule has 18 heavy (non-hydrogen) atoms. The molecule has 4 heteroatoms. The minimum absolute atomic E-state index is 0.294. The first-order chi connectivity index (χ1) is 8.65. The van der Waals surface area contributed by atoms with Crippen molar-refractivity contribution >= 4 is 5.91 Å². The van der Waals surface area contributed by atoms with Crippen molar-refractivity contribution in [3.8, 4) is 0 Å². The molecule has 0 aromatic heterocycles. The van der Waals surface area contributed by atoms with Gasteiger partial charge in [-0.3, -0.25) is 4.79 Å². The van der Waals surface area contributed by atoms with Gasteiger partial charge in [0.15, 0.2) is 0 Å². The highest BCUT2D eigenvalue weighted by Gasteiger charge is 2.38. The number of ether oxygens (including phenoxy) is 1. The molecule has 0 bridgehead atoms. The first-order valence-corrected chi connectivity index (χ1v) is 7.19. The molecule has 2 rings (SSSR count). The Kier molecular flexibility index (Phi) is 4.62. The predicted molar refractivity (Wildman–Crippen MR) is 71.4 cm³/mol. The van der Waals surface area contributed by atoms with Crippen molar-refractivity contribution in [2.75, 3.05) is 33.4 Å². The molecule has 0 aromatic rings. The number of nitrogens with zero attached hydrogens (tertiary/aromatic N) is 1. The fourth-order valence-corrected chi connectivity index (χ4v) is 3.21. The minimum atomic E-state index is -0.326. The van der Waals surface area contributed by atoms with E-state index in [1.54, 1.807) is 7.11 Å². The second-order valence-electron chi connectivity index (χ2n) is 5.93. The van der Waals surface area contributed by atoms with E-state index in [1.165, 1.54) is 12.8 Å². The Balaban J connectivity index is 1.95. The molecule has 2 heterocycles. The van der Waals surface area contributed by atoms with Gasteiger partial charge in [0, 0.05) is 20.2 Å². The number of amides is 1. The summed E-state index contributed by atoms with van der Waals surface area (Å²) in [5.41, 5.74) is -0.326. The molecule has 2 saturated heterocycles. The molecule has 0 spiro atoms. The van der Waals surface area contributed by atoms with Gasteiger partial charge in [-0.25, -0.2) is 0 Å². The van der Waals surface area contributed by atoms with Gasteiger partial charge < -0.3 is 15.0 Å². The molecule has 0 aromatic carbocycles. The lowest BCUT2D eigenvalue weighted by Gasteiger charge is -2.41. The molecule has 2 aliphatic heterocycles. The summed E-state index contributed by atoms with van der Waals surface area (Å²) in [7, 11) is 1.74. The first-order valence-electron chi connectivity index (χ1n) is 7.19. The number of piperidine rings is 2. The van der Waals surface area contributed by atoms with E-state index in [0.717, 1.165) is 45.5 Å². The second kappa shape index (κ2) is 6.02. The van der Waals surface area contributed by atoms with Crippen molar-refractivity contribution in [2.45, 2.75) is 44.6 Å². The number of carbonyl (C=O) groups is 1. The predicted octanol–water partition coefficient (Wildman–Crippen LogP) is 1.40. The molecule has 0 aliphatic carbocycles. The van der Waals surface area contributed by atoms with Crippen LogP contribution in [0.4, 0.5) is 0 Å². The van der Waals surface area contributed by atoms with Crippen molar-refractivity contribution in [2.24, 2.45) is 5.92 Å². The zero-order valence-electron chi connectivity index (χ0n) is 11.7. The molecule has 2 aliphatic rings. The summed E-state index contributed by atoms with van der Waals surface area (Å²) < 4.78 is 5.23. The van der Waals surface area contributed by atoms with Crippen molar-refractivity contribution in [3.63, 3.8) is 0 Å². The van der Waals surface area contributed by atoms with Crippen LogP contribution < -0.4 is 5.32 Å². The van der Waals surface area contributed by atoms with E-state index in [-0.39, 0.29) is 5.54 Å². The molecular formula is C14H26N2O2. The largest absolute Gasteiger partial charge is 0.384 e. The third-order valence-electron chi connectivity index (χ3n) is 4.30. The Morgan fingerprint density at radius 1 is 1.44 bits per heavy atom. The fraction of sp³-hybridized carbons (Fsp3) is 0.929. The Hall–Kier alpha value is -0.610. The highest BCUT2D eigenvalue weighted by molar-refractivity contribution is 5.86. The minimum Gasteiger partial charge on any atom is -0.384 e. The lowest BCUT2D eigenvalue weighted by molar-refractivity contribution is -0.141. The maximum Gasteiger partial charge on any atom is 0.242 e. The summed E-state index contributed by atoms with van der Waals surface area (Å²) in [6.45, 7) is 5.58. The maximum atomic E-state index is 12.6. The summed E-state index contributed by atoms with van der Waals surface area (Å²) in [6.07, 6.45) is 5.61. The SMILES string of the molecule is COCC1CCCN(C(=O)C2(C)CCCCN2)C1. The smallest absolute Gasteiger partial charge is 0.242 e. The van der Waals surface area contributed by atoms with E-state index in [4.69, 9.17) is 4.74 Å². The van der Waals surface area contributed by atoms with Gasteiger partial charge in [0.05, 0.1) is 12.1 Å². The number of methoxy groups -OCH3 is 1. The van der Waals surface area contributed by atoms with E-state index >= 15 is 0 Å². The van der Waals surface area contributed by atoms with Gasteiger partial charge in [0.2, 0.25) is 5.91 Å². The molecule has 1 N–H and O–H groups in total. The standard InChI is InChI=1S/C14H26N2O2/c1-14(7-3-4-8-15-14)13(17)16-9-5-6-12(10-16)11-18-2/h12,15H,3-11H2,1-2H3. The molecular weight excluding hydrogens is 228 g/mol. The van der Waals surface area contributed by atoms with Crippen LogP contribution in [0.25, 0.3) is 0 Å². The highest BCUT2D eigenvalue weighted by atomic mass is 16.5. The summed E-state index contributed by atoms with van der Waals surface area (Å²) >= 11 is 0. The van der Waals surface area contributed by atoms with Gasteiger partial charge in [0.25, 0.3) is 0 Å². The Labute approximate surface area is 110 Å². The molecule has 4 nitrogen and oxygen atoms in total. The van der Waals surface area contributed by atoms with Gasteiger partial charge in [-0.1, -0.05) is 0 Å². The molecule has 2 atom stereocenters. The van der Waals surface area contributed by atoms with Gasteiger partial charge in [-0.2, -0.15) is 0 Å². The molecule has 2 unspecified atom stereocenters. The van der Waals surface area contributed by atoms with Crippen LogP contribution in [0.15, 0.2) is 0 Å². The monoisotopic (exact) mass is 254 g/mol. The maximum absolute atomic E-state index is 12.6. The van der Waals surface area contributed by atoms with Crippen LogP contribution in [0, 0.1) is 5.92 Å². The zero-order valence-corrected chi connectivity index (χ0v) is 11.7. The van der Waals surface area contributed by atoms with Crippen LogP contribution in [-0.4, -0.2) is 49.7 Å². The lowest BCUT2D eigenvalue weighted by atomic mass is 9.88. The number of carbonyl (C=O) groups excluding carboxylic acids is 1. The van der Waals surface area contributed by atoms with Crippen molar-refractivity contribution in [1.82, 2.24) is 10.2 Å². The van der Waals surface area contributed by atoms with Gasteiger partial charge in [-0.15, -0.1) is 0 Å². The topological polar surface area (TPSA) is 41.6 Å². The molecule has 0 radical (unpaired) electrons. The number of likely N-dealkylation sites (tertiary alicyclic amines) is 1. The Morgan fingerprint density at radius 3 is 2.94 bits per heavy atom. The van der Waals surface area contributed by atoms with E-state index in [1.807, 2.05) is 4.90 Å². The van der Waals surface area contributed by atoms with Crippen molar-refractivity contribution in [1.29, 1.82) is 0 Å². The van der Waals surface area contributed by atoms with Crippen LogP contribution in [0.2, 0.25) is 0 Å². The summed E-state index contributed by atoms with van der Waals surface area (Å²) in [4.78, 5) is 14.7. The quantitative estimate of drug-likeness (QED) is 0.828. The summed E-state index contributed by atoms with van der Waals surface area (Å²) in [5, 5.41) is 3.42. The van der Waals surface area contributed by atoms with Crippen LogP contribution in [0.5, 0.6) is 0 Å². The first kappa shape index (κ1) is 13.8. The van der Waals surface area contributed by atoms with Gasteiger partial charge in [-0.05, 0) is 51.5 Å². The molecule has 1 amide bonds. The molecule has 2 fully saturated rings. The van der Waals surface area contributed by atoms with Gasteiger partial charge >= 0.3 is 0 Å². The van der Waals surface area contributed by atoms with Crippen LogP contribution in [0.3, 0.4) is 0 Å². The average molecular weight is 254 g/mol. The normalized spacial score (nSPS) is 33.4. The van der Waals surface area contributed by atoms with Gasteiger partial charge in [0.1, 0.15) is 0 Å². The van der Waals surface area contributed by atoms with Crippen molar-refractivity contribution < 1.29 is 9.53 Å². The zero-order chi connectivity index (χ0) is 13.0. The highest BCUT2D eigenvalue weighted by Crippen LogP contribution is 2.25. The van der Waals surface area contributed by atoms with E-state index in [2.05, 4.69) is 12.2 Å². The third-order valence-corrected chi connectivity index (χ3v) is 4.30. The van der Waals surface area contributed by atoms with Crippen LogP contribution in [-0.2, 0) is 9.53 Å². The lowest BCUT2D eigenvalue weighted by Crippen LogP contribution is -2.59. The molecule has 104 valence electrons. The third kappa shape index (κ3) is 3.04. The van der Waals surface area contributed by atoms with Crippen molar-refractivity contribution in [3.05, 3.63) is 0 Å². The van der Waals surface area contributed by atoms with Crippen LogP contribution >= 0.6 is 0 Å². The average Bonchev–Trinajstić information content (AvgIpc) is 2.39. The Bertz CT molecular complexity index is 286. The Morgan fingerprint density at radius 2 is 2.28 bits per heavy atom. The van der Waals surface area contributed by atoms with E-state index in [0.29, 0.717) is 11.8 Å². The number of nitrogens with one attached hydrogen (secondary N) is 1. The number of hydrogen-bond donors (Lipinski definition) is 1. The molecule has 0 saturated carbocycles. The van der Waals surface area contributed by atoms with E-state index in [9.17, 15) is 4.79 Å².